The number of ether oxygens (including phenoxy) is 6. The van der Waals surface area contributed by atoms with Gasteiger partial charge in [0.05, 0.1) is 81.3 Å². The number of urea groups is 1. The highest BCUT2D eigenvalue weighted by Crippen LogP contribution is 2.46. The first-order chi connectivity index (χ1) is 44.9. The number of nitrogens with two attached hydrogens (primary N) is 1. The van der Waals surface area contributed by atoms with E-state index in [0.717, 1.165) is 4.90 Å². The summed E-state index contributed by atoms with van der Waals surface area (Å²) in [5.41, 5.74) is 7.07. The molecule has 3 aliphatic heterocycles. The van der Waals surface area contributed by atoms with Crippen LogP contribution in [0.3, 0.4) is 0 Å². The Kier molecular flexibility index (Phi) is 24.3. The number of rotatable bonds is 33. The smallest absolute Gasteiger partial charge is 0.407 e. The molecule has 2 aromatic heterocycles. The first kappa shape index (κ1) is 70.9. The quantitative estimate of drug-likeness (QED) is 0.0165. The van der Waals surface area contributed by atoms with Gasteiger partial charge in [-0.05, 0) is 91.8 Å². The molecule has 10 amide bonds. The third-order valence-electron chi connectivity index (χ3n) is 16.9. The molecule has 508 valence electrons. The number of halogens is 1. The van der Waals surface area contributed by atoms with Gasteiger partial charge in [0.1, 0.15) is 43.7 Å². The monoisotopic (exact) mass is 1310 g/mol. The maximum atomic E-state index is 15.5. The number of alkyl carbamates (subject to hydrolysis) is 1. The maximum Gasteiger partial charge on any atom is 0.407 e. The maximum absolute atomic E-state index is 15.5. The van der Waals surface area contributed by atoms with E-state index in [1.54, 1.807) is 72.1 Å². The summed E-state index contributed by atoms with van der Waals surface area (Å²) in [5, 5.41) is 30.8. The second kappa shape index (κ2) is 32.2. The summed E-state index contributed by atoms with van der Waals surface area (Å²) in [6, 6.07) is 3.66. The molecular formula is C64H82FN11O18. The number of hydrogen-bond acceptors (Lipinski definition) is 19. The molecule has 10 N–H and O–H groups in total. The Balaban J connectivity index is 0.890. The summed E-state index contributed by atoms with van der Waals surface area (Å²) in [4.78, 5) is 152. The van der Waals surface area contributed by atoms with Crippen LogP contribution in [-0.2, 0) is 98.6 Å². The van der Waals surface area contributed by atoms with E-state index >= 15 is 4.39 Å². The summed E-state index contributed by atoms with van der Waals surface area (Å²) >= 11 is 0. The van der Waals surface area contributed by atoms with E-state index in [1.807, 2.05) is 0 Å². The molecule has 4 aliphatic rings. The normalized spacial score (nSPS) is 17.9. The number of likely N-dealkylation sites (tertiary alicyclic amines) is 1. The van der Waals surface area contributed by atoms with E-state index in [1.165, 1.54) is 10.6 Å². The molecule has 5 heterocycles. The van der Waals surface area contributed by atoms with Crippen molar-refractivity contribution in [2.75, 3.05) is 78.3 Å². The van der Waals surface area contributed by atoms with Gasteiger partial charge in [-0.15, -0.1) is 0 Å². The third kappa shape index (κ3) is 17.0. The van der Waals surface area contributed by atoms with Gasteiger partial charge in [0.2, 0.25) is 41.4 Å². The van der Waals surface area contributed by atoms with Crippen LogP contribution in [0, 0.1) is 24.6 Å². The van der Waals surface area contributed by atoms with Gasteiger partial charge in [0, 0.05) is 67.2 Å². The van der Waals surface area contributed by atoms with Gasteiger partial charge in [-0.2, -0.15) is 0 Å². The molecule has 30 heteroatoms. The van der Waals surface area contributed by atoms with Gasteiger partial charge >= 0.3 is 18.1 Å². The number of carbonyl (C=O) groups excluding carboxylic acids is 10. The highest BCUT2D eigenvalue weighted by Gasteiger charge is 2.46. The fraction of sp³-hybridized carbons (Fsp3) is 0.531. The number of nitrogens with zero attached hydrogens (tertiary/aromatic N) is 3. The lowest BCUT2D eigenvalue weighted by molar-refractivity contribution is -0.172. The standard InChI is InChI=1S/C64H82FN11O18/c1-7-64(88)42-28-48-55-40(30-75(48)60(84)41(42)33-93-61(64)85)53-44(15-14-39-36(5)43(65)29-47(71-55)52(39)53)73-63(87)94-32-37-10-12-38(13-11-37)69-56(80)45(9-8-18-68-62(66)86)72-58(82)54(34(2)3)74-57(81)46(70-50(78)31-76-51(79)27-35(4)59(76)83)16-19-67-49(77)17-20-90-23-24-92-26-25-91-22-21-89-6/h10-13,28-29,34-35,44-46,54,88H,7-9,14-27,30-33H2,1-6H3,(H,67,77)(H,69,80)(H,70,78)(H,72,82)(H,73,87)(H,74,81)(H3,66,68,86)/t35?,44-,45-,46-,54-,64-/m0/s1. The molecule has 1 aliphatic carbocycles. The number of esters is 1. The van der Waals surface area contributed by atoms with Crippen LogP contribution in [0.25, 0.3) is 22.3 Å². The van der Waals surface area contributed by atoms with Crippen LogP contribution in [0.2, 0.25) is 0 Å². The molecule has 29 nitrogen and oxygen atoms in total. The van der Waals surface area contributed by atoms with E-state index in [9.17, 15) is 57.8 Å². The lowest BCUT2D eigenvalue weighted by Gasteiger charge is -2.31. The molecule has 0 bridgehead atoms. The number of anilines is 1. The number of primary amides is 1. The van der Waals surface area contributed by atoms with E-state index < -0.39 is 119 Å². The summed E-state index contributed by atoms with van der Waals surface area (Å²) in [7, 11) is 1.57. The van der Waals surface area contributed by atoms with Crippen LogP contribution < -0.4 is 48.5 Å². The van der Waals surface area contributed by atoms with Crippen molar-refractivity contribution in [2.45, 2.75) is 136 Å². The fourth-order valence-electron chi connectivity index (χ4n) is 11.7. The van der Waals surface area contributed by atoms with Crippen LogP contribution >= 0.6 is 0 Å². The molecule has 1 unspecified atom stereocenters. The number of aliphatic hydroxyl groups is 1. The zero-order valence-electron chi connectivity index (χ0n) is 53.5. The second-order valence-corrected chi connectivity index (χ2v) is 23.8. The average Bonchev–Trinajstić information content (AvgIpc) is 1.47. The van der Waals surface area contributed by atoms with Crippen LogP contribution in [0.1, 0.15) is 118 Å². The van der Waals surface area contributed by atoms with Crippen LogP contribution in [-0.4, -0.2) is 170 Å². The van der Waals surface area contributed by atoms with Gasteiger partial charge in [-0.1, -0.05) is 39.8 Å². The third-order valence-corrected chi connectivity index (χ3v) is 16.9. The number of nitrogens with one attached hydrogen (secondary N) is 7. The minimum absolute atomic E-state index is 0.0301. The molecule has 1 fully saturated rings. The molecule has 6 atom stereocenters. The Morgan fingerprint density at radius 2 is 1.53 bits per heavy atom. The molecule has 1 saturated heterocycles. The fourth-order valence-corrected chi connectivity index (χ4v) is 11.7. The number of aromatic nitrogens is 2. The number of amides is 10. The molecule has 0 saturated carbocycles. The molecule has 2 aromatic carbocycles. The van der Waals surface area contributed by atoms with Gasteiger partial charge in [-0.3, -0.25) is 43.3 Å². The zero-order chi connectivity index (χ0) is 68.0. The Morgan fingerprint density at radius 1 is 0.840 bits per heavy atom. The number of cyclic esters (lactones) is 1. The summed E-state index contributed by atoms with van der Waals surface area (Å²) in [6.07, 6.45) is -0.343. The van der Waals surface area contributed by atoms with Crippen LogP contribution in [0.5, 0.6) is 0 Å². The van der Waals surface area contributed by atoms with Crippen LogP contribution in [0.4, 0.5) is 19.7 Å². The van der Waals surface area contributed by atoms with E-state index in [-0.39, 0.29) is 108 Å². The number of imide groups is 1. The largest absolute Gasteiger partial charge is 0.458 e. The molecule has 0 spiro atoms. The van der Waals surface area contributed by atoms with Crippen molar-refractivity contribution in [3.05, 3.63) is 91.5 Å². The number of carbonyl (C=O) groups is 10. The summed E-state index contributed by atoms with van der Waals surface area (Å²) < 4.78 is 49.1. The Labute approximate surface area is 540 Å². The number of aryl methyl sites for hydroxylation is 1. The number of fused-ring (bicyclic) bond motifs is 5. The molecule has 94 heavy (non-hydrogen) atoms. The SMILES string of the molecule is CC[C@@]1(O)C(=O)OCc2c1cc1n(c2=O)Cc2c-1nc1cc(F)c(C)c3c1c2[C@@H](NC(=O)OCc1ccc(NC(=O)[C@H](CCCNC(N)=O)NC(=O)[C@@H](NC(=O)[C@H](CCNC(=O)CCOCCOCCOCCOC)NC(=O)CN2C(=O)CC(C)C2=O)C(C)C)cc1)CC3. The van der Waals surface area contributed by atoms with E-state index in [0.29, 0.717) is 89.4 Å². The van der Waals surface area contributed by atoms with Crippen molar-refractivity contribution in [3.8, 4) is 11.4 Å². The number of benzene rings is 2. The van der Waals surface area contributed by atoms with Crippen molar-refractivity contribution < 1.29 is 85.9 Å². The summed E-state index contributed by atoms with van der Waals surface area (Å²) in [5.74, 6) is -7.35. The van der Waals surface area contributed by atoms with Gasteiger partial charge in [0.25, 0.3) is 5.56 Å². The van der Waals surface area contributed by atoms with Crippen molar-refractivity contribution >= 4 is 76.0 Å². The highest BCUT2D eigenvalue weighted by atomic mass is 19.1. The molecule has 8 rings (SSSR count). The van der Waals surface area contributed by atoms with Crippen molar-refractivity contribution in [2.24, 2.45) is 17.6 Å². The second-order valence-electron chi connectivity index (χ2n) is 23.8. The highest BCUT2D eigenvalue weighted by molar-refractivity contribution is 6.06. The number of methoxy groups -OCH3 is 1. The average molecular weight is 1310 g/mol. The lowest BCUT2D eigenvalue weighted by Crippen LogP contribution is -2.58. The Morgan fingerprint density at radius 3 is 2.19 bits per heavy atom. The zero-order valence-corrected chi connectivity index (χ0v) is 53.5. The van der Waals surface area contributed by atoms with Crippen molar-refractivity contribution in [1.82, 2.24) is 46.4 Å². The molecular weight excluding hydrogens is 1230 g/mol. The first-order valence-electron chi connectivity index (χ1n) is 31.4. The van der Waals surface area contributed by atoms with Gasteiger partial charge in [-0.25, -0.2) is 23.8 Å². The minimum Gasteiger partial charge on any atom is -0.458 e. The van der Waals surface area contributed by atoms with Crippen LogP contribution in [0.15, 0.2) is 41.2 Å². The predicted molar refractivity (Wildman–Crippen MR) is 333 cm³/mol. The number of pyridine rings is 2. The van der Waals surface area contributed by atoms with E-state index in [2.05, 4.69) is 37.2 Å². The molecule has 4 aromatic rings. The molecule has 0 radical (unpaired) electrons. The Hall–Kier alpha value is -8.97. The van der Waals surface area contributed by atoms with E-state index in [4.69, 9.17) is 39.1 Å². The Bertz CT molecular complexity index is 3600. The first-order valence-corrected chi connectivity index (χ1v) is 31.4. The van der Waals surface area contributed by atoms with Crippen molar-refractivity contribution in [3.63, 3.8) is 0 Å². The van der Waals surface area contributed by atoms with Gasteiger partial charge in [0.15, 0.2) is 5.60 Å². The minimum atomic E-state index is -2.07. The lowest BCUT2D eigenvalue weighted by atomic mass is 9.81. The topological polar surface area (TPSA) is 395 Å². The van der Waals surface area contributed by atoms with Crippen molar-refractivity contribution in [1.29, 1.82) is 0 Å². The predicted octanol–water partition coefficient (Wildman–Crippen LogP) is 1.93. The summed E-state index contributed by atoms with van der Waals surface area (Å²) in [6.45, 7) is 8.97. The van der Waals surface area contributed by atoms with Gasteiger partial charge < -0.3 is 81.0 Å². The number of hydrogen-bond donors (Lipinski definition) is 9.